The van der Waals surface area contributed by atoms with Gasteiger partial charge in [0.05, 0.1) is 0 Å². The lowest BCUT2D eigenvalue weighted by molar-refractivity contribution is -0.122. The minimum Gasteiger partial charge on any atom is -0.352 e. The third kappa shape index (κ3) is 9.32. The van der Waals surface area contributed by atoms with Crippen molar-refractivity contribution in [2.45, 2.75) is 65.8 Å². The van der Waals surface area contributed by atoms with Crippen LogP contribution in [0.5, 0.6) is 0 Å². The van der Waals surface area contributed by atoms with Gasteiger partial charge in [-0.05, 0) is 45.3 Å². The summed E-state index contributed by atoms with van der Waals surface area (Å²) in [5.41, 5.74) is 5.63. The van der Waals surface area contributed by atoms with Gasteiger partial charge < -0.3 is 16.0 Å². The predicted octanol–water partition coefficient (Wildman–Crippen LogP) is 2.38. The first-order valence-electron chi connectivity index (χ1n) is 8.28. The number of amides is 1. The van der Waals surface area contributed by atoms with Crippen LogP contribution in [0.3, 0.4) is 0 Å². The summed E-state index contributed by atoms with van der Waals surface area (Å²) in [6.07, 6.45) is 4.99. The fraction of sp³-hybridized carbons (Fsp3) is 0.938. The Morgan fingerprint density at radius 3 is 2.30 bits per heavy atom. The zero-order valence-electron chi connectivity index (χ0n) is 14.0. The normalized spacial score (nSPS) is 14.3. The van der Waals surface area contributed by atoms with Crippen LogP contribution in [0.25, 0.3) is 0 Å². The molecule has 0 saturated carbocycles. The van der Waals surface area contributed by atoms with Crippen LogP contribution in [0, 0.1) is 5.92 Å². The largest absolute Gasteiger partial charge is 0.352 e. The van der Waals surface area contributed by atoms with E-state index in [1.807, 2.05) is 0 Å². The summed E-state index contributed by atoms with van der Waals surface area (Å²) in [6, 6.07) is 0.224. The van der Waals surface area contributed by atoms with Gasteiger partial charge in [0.2, 0.25) is 5.91 Å². The van der Waals surface area contributed by atoms with Crippen LogP contribution in [0.2, 0.25) is 0 Å². The van der Waals surface area contributed by atoms with Crippen molar-refractivity contribution in [2.75, 3.05) is 26.2 Å². The Kier molecular flexibility index (Phi) is 11.8. The minimum absolute atomic E-state index is 0.183. The number of nitrogens with zero attached hydrogens (tertiary/aromatic N) is 1. The highest BCUT2D eigenvalue weighted by Gasteiger charge is 2.13. The summed E-state index contributed by atoms with van der Waals surface area (Å²) < 4.78 is 0. The molecule has 0 radical (unpaired) electrons. The summed E-state index contributed by atoms with van der Waals surface area (Å²) in [5.74, 6) is 0.789. The average molecular weight is 285 g/mol. The van der Waals surface area contributed by atoms with Gasteiger partial charge in [0.15, 0.2) is 0 Å². The van der Waals surface area contributed by atoms with E-state index in [0.29, 0.717) is 12.3 Å². The first-order valence-corrected chi connectivity index (χ1v) is 8.28. The lowest BCUT2D eigenvalue weighted by Crippen LogP contribution is -2.42. The van der Waals surface area contributed by atoms with Gasteiger partial charge in [-0.25, -0.2) is 0 Å². The van der Waals surface area contributed by atoms with Crippen molar-refractivity contribution in [1.29, 1.82) is 0 Å². The first-order chi connectivity index (χ1) is 9.57. The molecule has 1 amide bonds. The molecule has 0 aromatic carbocycles. The van der Waals surface area contributed by atoms with Crippen molar-refractivity contribution in [3.8, 4) is 0 Å². The van der Waals surface area contributed by atoms with Crippen molar-refractivity contribution in [3.05, 3.63) is 0 Å². The molecule has 0 spiro atoms. The molecular weight excluding hydrogens is 250 g/mol. The summed E-state index contributed by atoms with van der Waals surface area (Å²) in [5, 5.41) is 3.11. The van der Waals surface area contributed by atoms with Crippen LogP contribution in [-0.4, -0.2) is 43.0 Å². The van der Waals surface area contributed by atoms with Gasteiger partial charge in [-0.3, -0.25) is 4.79 Å². The summed E-state index contributed by atoms with van der Waals surface area (Å²) in [6.45, 7) is 12.3. The highest BCUT2D eigenvalue weighted by molar-refractivity contribution is 5.76. The molecule has 0 rings (SSSR count). The molecule has 0 fully saturated rings. The van der Waals surface area contributed by atoms with Crippen molar-refractivity contribution in [3.63, 3.8) is 0 Å². The fourth-order valence-corrected chi connectivity index (χ4v) is 2.67. The highest BCUT2D eigenvalue weighted by Crippen LogP contribution is 2.16. The van der Waals surface area contributed by atoms with E-state index >= 15 is 0 Å². The van der Waals surface area contributed by atoms with Gasteiger partial charge >= 0.3 is 0 Å². The standard InChI is InChI=1S/C16H35N3O/c1-5-8-15(11-12-17)9-10-16(20)18-14(4)13-19(6-2)7-3/h14-15H,5-13,17H2,1-4H3,(H,18,20). The zero-order chi connectivity index (χ0) is 15.4. The van der Waals surface area contributed by atoms with Gasteiger partial charge in [0.25, 0.3) is 0 Å². The topological polar surface area (TPSA) is 58.4 Å². The molecule has 120 valence electrons. The number of nitrogens with two attached hydrogens (primary N) is 1. The smallest absolute Gasteiger partial charge is 0.220 e. The molecular formula is C16H35N3O. The van der Waals surface area contributed by atoms with Crippen LogP contribution in [0.15, 0.2) is 0 Å². The number of rotatable bonds is 12. The second kappa shape index (κ2) is 12.2. The Balaban J connectivity index is 3.96. The lowest BCUT2D eigenvalue weighted by atomic mass is 9.94. The molecule has 0 heterocycles. The first kappa shape index (κ1) is 19.4. The summed E-state index contributed by atoms with van der Waals surface area (Å²) in [4.78, 5) is 14.3. The molecule has 0 aromatic rings. The number of hydrogen-bond donors (Lipinski definition) is 2. The van der Waals surface area contributed by atoms with E-state index in [1.54, 1.807) is 0 Å². The van der Waals surface area contributed by atoms with Crippen LogP contribution >= 0.6 is 0 Å². The van der Waals surface area contributed by atoms with Gasteiger partial charge in [0, 0.05) is 19.0 Å². The summed E-state index contributed by atoms with van der Waals surface area (Å²) >= 11 is 0. The van der Waals surface area contributed by atoms with Crippen molar-refractivity contribution >= 4 is 5.91 Å². The SMILES string of the molecule is CCCC(CCN)CCC(=O)NC(C)CN(CC)CC. The van der Waals surface area contributed by atoms with Crippen molar-refractivity contribution < 1.29 is 4.79 Å². The molecule has 0 aliphatic heterocycles. The van der Waals surface area contributed by atoms with E-state index < -0.39 is 0 Å². The van der Waals surface area contributed by atoms with Gasteiger partial charge in [-0.15, -0.1) is 0 Å². The quantitative estimate of drug-likeness (QED) is 0.579. The van der Waals surface area contributed by atoms with E-state index in [2.05, 4.69) is 37.9 Å². The number of likely N-dealkylation sites (N-methyl/N-ethyl adjacent to an activating group) is 1. The molecule has 0 saturated heterocycles. The van der Waals surface area contributed by atoms with Crippen LogP contribution in [0.1, 0.15) is 59.8 Å². The van der Waals surface area contributed by atoms with E-state index in [4.69, 9.17) is 5.73 Å². The van der Waals surface area contributed by atoms with E-state index in [1.165, 1.54) is 12.8 Å². The Bertz CT molecular complexity index is 236. The maximum Gasteiger partial charge on any atom is 0.220 e. The molecule has 0 aromatic heterocycles. The average Bonchev–Trinajstić information content (AvgIpc) is 2.42. The third-order valence-corrected chi connectivity index (χ3v) is 3.89. The Morgan fingerprint density at radius 1 is 1.15 bits per heavy atom. The number of carbonyl (C=O) groups excluding carboxylic acids is 1. The molecule has 2 unspecified atom stereocenters. The minimum atomic E-state index is 0.183. The molecule has 4 nitrogen and oxygen atoms in total. The number of nitrogens with one attached hydrogen (secondary N) is 1. The van der Waals surface area contributed by atoms with Gasteiger partial charge in [-0.1, -0.05) is 33.6 Å². The van der Waals surface area contributed by atoms with Gasteiger partial charge in [0.1, 0.15) is 0 Å². The monoisotopic (exact) mass is 285 g/mol. The third-order valence-electron chi connectivity index (χ3n) is 3.89. The maximum atomic E-state index is 12.0. The molecule has 4 heteroatoms. The molecule has 0 aliphatic carbocycles. The predicted molar refractivity (Wildman–Crippen MR) is 86.7 cm³/mol. The zero-order valence-corrected chi connectivity index (χ0v) is 14.0. The van der Waals surface area contributed by atoms with Crippen molar-refractivity contribution in [1.82, 2.24) is 10.2 Å². The maximum absolute atomic E-state index is 12.0. The molecule has 0 bridgehead atoms. The Hall–Kier alpha value is -0.610. The lowest BCUT2D eigenvalue weighted by Gasteiger charge is -2.23. The van der Waals surface area contributed by atoms with Crippen LogP contribution in [-0.2, 0) is 4.79 Å². The molecule has 3 N–H and O–H groups in total. The van der Waals surface area contributed by atoms with E-state index in [-0.39, 0.29) is 11.9 Å². The molecule has 20 heavy (non-hydrogen) atoms. The second-order valence-electron chi connectivity index (χ2n) is 5.73. The van der Waals surface area contributed by atoms with Gasteiger partial charge in [-0.2, -0.15) is 0 Å². The molecule has 2 atom stereocenters. The number of hydrogen-bond acceptors (Lipinski definition) is 3. The Labute approximate surface area is 125 Å². The molecule has 0 aliphatic rings. The fourth-order valence-electron chi connectivity index (χ4n) is 2.67. The summed E-state index contributed by atoms with van der Waals surface area (Å²) in [7, 11) is 0. The van der Waals surface area contributed by atoms with Crippen LogP contribution in [0.4, 0.5) is 0 Å². The number of carbonyl (C=O) groups is 1. The van der Waals surface area contributed by atoms with Crippen molar-refractivity contribution in [2.24, 2.45) is 11.7 Å². The van der Waals surface area contributed by atoms with E-state index in [0.717, 1.165) is 39.0 Å². The second-order valence-corrected chi connectivity index (χ2v) is 5.73. The van der Waals surface area contributed by atoms with Crippen LogP contribution < -0.4 is 11.1 Å². The van der Waals surface area contributed by atoms with E-state index in [9.17, 15) is 4.79 Å². The highest BCUT2D eigenvalue weighted by atomic mass is 16.1. The Morgan fingerprint density at radius 2 is 1.80 bits per heavy atom.